The summed E-state index contributed by atoms with van der Waals surface area (Å²) in [7, 11) is 1.87. The number of aromatic nitrogens is 3. The molecule has 0 bridgehead atoms. The van der Waals surface area contributed by atoms with E-state index in [1.165, 1.54) is 10.9 Å². The number of amides is 2. The van der Waals surface area contributed by atoms with E-state index in [0.29, 0.717) is 56.5 Å². The van der Waals surface area contributed by atoms with Crippen molar-refractivity contribution in [2.24, 2.45) is 13.0 Å². The van der Waals surface area contributed by atoms with Gasteiger partial charge < -0.3 is 24.2 Å². The molecule has 1 aromatic carbocycles. The molecule has 5 rings (SSSR count). The maximum atomic E-state index is 13.9. The Hall–Kier alpha value is -2.93. The minimum absolute atomic E-state index is 0.0452. The molecule has 2 atom stereocenters. The number of rotatable bonds is 4. The zero-order valence-corrected chi connectivity index (χ0v) is 26.2. The third kappa shape index (κ3) is 6.30. The van der Waals surface area contributed by atoms with Gasteiger partial charge in [-0.15, -0.1) is 0 Å². The molecule has 2 fully saturated rings. The molecule has 0 saturated carbocycles. The molecule has 10 nitrogen and oxygen atoms in total. The van der Waals surface area contributed by atoms with Crippen LogP contribution < -0.4 is 5.56 Å². The highest BCUT2D eigenvalue weighted by atomic mass is 127. The van der Waals surface area contributed by atoms with E-state index in [0.717, 1.165) is 9.26 Å². The average Bonchev–Trinajstić information content (AvgIpc) is 3.23. The Kier molecular flexibility index (Phi) is 8.21. The van der Waals surface area contributed by atoms with Crippen molar-refractivity contribution >= 4 is 45.6 Å². The van der Waals surface area contributed by atoms with Crippen LogP contribution in [0.1, 0.15) is 51.5 Å². The van der Waals surface area contributed by atoms with Crippen molar-refractivity contribution in [3.63, 3.8) is 0 Å². The lowest BCUT2D eigenvalue weighted by molar-refractivity contribution is -0.142. The highest BCUT2D eigenvalue weighted by Gasteiger charge is 2.42. The molecule has 2 aliphatic rings. The number of fused-ring (bicyclic) bond motifs is 1. The lowest BCUT2D eigenvalue weighted by Crippen LogP contribution is -2.53. The Balaban J connectivity index is 1.27. The summed E-state index contributed by atoms with van der Waals surface area (Å²) in [6.45, 7) is 7.33. The minimum Gasteiger partial charge on any atom is -0.444 e. The lowest BCUT2D eigenvalue weighted by Gasteiger charge is -2.43. The van der Waals surface area contributed by atoms with Gasteiger partial charge in [-0.25, -0.2) is 9.78 Å². The van der Waals surface area contributed by atoms with Crippen LogP contribution in [-0.2, 0) is 23.1 Å². The zero-order valence-electron chi connectivity index (χ0n) is 24.0. The first-order chi connectivity index (χ1) is 19.3. The van der Waals surface area contributed by atoms with Gasteiger partial charge in [-0.1, -0.05) is 30.3 Å². The molecular formula is C30H38IN5O5. The smallest absolute Gasteiger partial charge is 0.410 e. The second-order valence-electron chi connectivity index (χ2n) is 12.3. The number of carbonyl (C=O) groups is 2. The van der Waals surface area contributed by atoms with Crippen molar-refractivity contribution in [2.45, 2.75) is 63.7 Å². The molecule has 1 N–H and O–H groups in total. The molecule has 41 heavy (non-hydrogen) atoms. The second-order valence-corrected chi connectivity index (χ2v) is 13.4. The van der Waals surface area contributed by atoms with E-state index in [1.54, 1.807) is 4.90 Å². The zero-order chi connectivity index (χ0) is 29.5. The van der Waals surface area contributed by atoms with E-state index in [4.69, 9.17) is 4.74 Å². The molecule has 2 aromatic heterocycles. The molecule has 3 aromatic rings. The summed E-state index contributed by atoms with van der Waals surface area (Å²) in [5, 5.41) is 11.9. The number of piperidine rings is 2. The van der Waals surface area contributed by atoms with Crippen LogP contribution in [0.4, 0.5) is 4.79 Å². The fourth-order valence-electron chi connectivity index (χ4n) is 5.95. The van der Waals surface area contributed by atoms with Gasteiger partial charge in [0.2, 0.25) is 5.91 Å². The predicted molar refractivity (Wildman–Crippen MR) is 164 cm³/mol. The number of halogens is 1. The van der Waals surface area contributed by atoms with Gasteiger partial charge in [0.1, 0.15) is 17.6 Å². The van der Waals surface area contributed by atoms with Crippen molar-refractivity contribution in [3.05, 3.63) is 62.3 Å². The number of nitrogens with zero attached hydrogens (tertiary/aromatic N) is 5. The summed E-state index contributed by atoms with van der Waals surface area (Å²) in [6.07, 6.45) is 2.40. The van der Waals surface area contributed by atoms with Crippen LogP contribution in [0.25, 0.3) is 11.0 Å². The van der Waals surface area contributed by atoms with Crippen LogP contribution in [0.3, 0.4) is 0 Å². The molecule has 0 radical (unpaired) electrons. The quantitative estimate of drug-likeness (QED) is 0.423. The lowest BCUT2D eigenvalue weighted by atomic mass is 9.79. The van der Waals surface area contributed by atoms with Gasteiger partial charge in [0.25, 0.3) is 5.56 Å². The Morgan fingerprint density at radius 3 is 2.46 bits per heavy atom. The number of hydrogen-bond donors (Lipinski definition) is 1. The second kappa shape index (κ2) is 11.4. The predicted octanol–water partition coefficient (Wildman–Crippen LogP) is 3.73. The Morgan fingerprint density at radius 2 is 1.80 bits per heavy atom. The van der Waals surface area contributed by atoms with E-state index in [2.05, 4.69) is 27.6 Å². The number of hydrogen-bond acceptors (Lipinski definition) is 6. The van der Waals surface area contributed by atoms with E-state index >= 15 is 0 Å². The van der Waals surface area contributed by atoms with E-state index in [9.17, 15) is 19.5 Å². The number of aryl methyl sites for hydroxylation is 1. The summed E-state index contributed by atoms with van der Waals surface area (Å²) in [5.74, 6) is -0.392. The van der Waals surface area contributed by atoms with Crippen LogP contribution in [0.2, 0.25) is 0 Å². The number of carbonyl (C=O) groups excluding carboxylic acids is 2. The molecule has 0 spiro atoms. The summed E-state index contributed by atoms with van der Waals surface area (Å²) in [4.78, 5) is 47.8. The fraction of sp³-hybridized carbons (Fsp3) is 0.533. The molecule has 0 aliphatic carbocycles. The molecular weight excluding hydrogens is 637 g/mol. The number of ether oxygens (including phenoxy) is 1. The third-order valence-corrected chi connectivity index (χ3v) is 9.27. The fourth-order valence-corrected chi connectivity index (χ4v) is 6.49. The first-order valence-electron chi connectivity index (χ1n) is 14.1. The van der Waals surface area contributed by atoms with Crippen molar-refractivity contribution in [1.29, 1.82) is 0 Å². The summed E-state index contributed by atoms with van der Waals surface area (Å²) in [6, 6.07) is 11.7. The molecule has 220 valence electrons. The molecule has 0 unspecified atom stereocenters. The average molecular weight is 676 g/mol. The molecule has 4 heterocycles. The molecule has 2 saturated heterocycles. The van der Waals surface area contributed by atoms with Crippen LogP contribution in [0.15, 0.2) is 47.5 Å². The van der Waals surface area contributed by atoms with Gasteiger partial charge >= 0.3 is 6.09 Å². The SMILES string of the molecule is Cn1c(I)cc2c(=O)n(CC3(O)CCN(C(=O)[C@@H]4CCN(C(=O)OC(C)(C)C)C[C@H]4c4ccccc4)CC3)cnc21. The van der Waals surface area contributed by atoms with Gasteiger partial charge in [0.05, 0.1) is 21.2 Å². The maximum Gasteiger partial charge on any atom is 0.410 e. The van der Waals surface area contributed by atoms with Gasteiger partial charge in [-0.3, -0.25) is 14.2 Å². The summed E-state index contributed by atoms with van der Waals surface area (Å²) < 4.78 is 9.87. The normalized spacial score (nSPS) is 21.2. The van der Waals surface area contributed by atoms with Crippen LogP contribution in [0.5, 0.6) is 0 Å². The van der Waals surface area contributed by atoms with Crippen LogP contribution in [-0.4, -0.2) is 78.4 Å². The standard InChI is InChI=1S/C30H38IN5O5/c1-29(2,3)41-28(39)35-13-10-21(23(17-35)20-8-6-5-7-9-20)26(37)34-14-11-30(40,12-15-34)18-36-19-32-25-22(27(36)38)16-24(31)33(25)4/h5-9,16,19,21,23,40H,10-15,17-18H2,1-4H3/t21-,23+/m1/s1. The topological polar surface area (TPSA) is 110 Å². The molecule has 2 aliphatic heterocycles. The monoisotopic (exact) mass is 675 g/mol. The van der Waals surface area contributed by atoms with Crippen molar-refractivity contribution in [3.8, 4) is 0 Å². The summed E-state index contributed by atoms with van der Waals surface area (Å²) in [5.41, 5.74) is -0.248. The number of benzene rings is 1. The van der Waals surface area contributed by atoms with E-state index in [1.807, 2.05) is 73.7 Å². The maximum absolute atomic E-state index is 13.9. The van der Waals surface area contributed by atoms with E-state index < -0.39 is 11.2 Å². The Labute approximate surface area is 253 Å². The number of likely N-dealkylation sites (tertiary alicyclic amines) is 2. The Bertz CT molecular complexity index is 1490. The van der Waals surface area contributed by atoms with Gasteiger partial charge in [-0.05, 0) is 74.3 Å². The van der Waals surface area contributed by atoms with Crippen molar-refractivity contribution in [1.82, 2.24) is 23.9 Å². The Morgan fingerprint density at radius 1 is 1.12 bits per heavy atom. The highest BCUT2D eigenvalue weighted by Crippen LogP contribution is 2.36. The third-order valence-electron chi connectivity index (χ3n) is 8.23. The van der Waals surface area contributed by atoms with Gasteiger partial charge in [0.15, 0.2) is 0 Å². The van der Waals surface area contributed by atoms with Crippen molar-refractivity contribution < 1.29 is 19.4 Å². The highest BCUT2D eigenvalue weighted by molar-refractivity contribution is 14.1. The number of aliphatic hydroxyl groups is 1. The largest absolute Gasteiger partial charge is 0.444 e. The summed E-state index contributed by atoms with van der Waals surface area (Å²) >= 11 is 2.17. The van der Waals surface area contributed by atoms with Gasteiger partial charge in [-0.2, -0.15) is 0 Å². The van der Waals surface area contributed by atoms with Crippen molar-refractivity contribution in [2.75, 3.05) is 26.2 Å². The first-order valence-corrected chi connectivity index (χ1v) is 15.2. The van der Waals surface area contributed by atoms with Gasteiger partial charge in [0, 0.05) is 45.1 Å². The first kappa shape index (κ1) is 29.6. The molecule has 2 amide bonds. The molecule has 11 heteroatoms. The van der Waals surface area contributed by atoms with Crippen LogP contribution in [0, 0.1) is 9.62 Å². The van der Waals surface area contributed by atoms with Crippen LogP contribution >= 0.6 is 22.6 Å². The minimum atomic E-state index is -1.11. The van der Waals surface area contributed by atoms with E-state index in [-0.39, 0.29) is 35.9 Å².